The quantitative estimate of drug-likeness (QED) is 0.907. The van der Waals surface area contributed by atoms with Gasteiger partial charge < -0.3 is 10.5 Å². The number of fused-ring (bicyclic) bond motifs is 1. The summed E-state index contributed by atoms with van der Waals surface area (Å²) < 4.78 is 5.72. The molecule has 3 heteroatoms. The van der Waals surface area contributed by atoms with Crippen LogP contribution in [0.5, 0.6) is 5.75 Å². The Hall–Kier alpha value is -1.51. The van der Waals surface area contributed by atoms with Crippen molar-refractivity contribution in [3.05, 3.63) is 63.7 Å². The van der Waals surface area contributed by atoms with Crippen molar-refractivity contribution in [2.24, 2.45) is 5.73 Å². The van der Waals surface area contributed by atoms with Gasteiger partial charge in [-0.2, -0.15) is 0 Å². The van der Waals surface area contributed by atoms with Crippen LogP contribution in [-0.2, 0) is 6.42 Å². The minimum atomic E-state index is -0.203. The molecule has 2 N–H and O–H groups in total. The highest BCUT2D eigenvalue weighted by molar-refractivity contribution is 6.30. The van der Waals surface area contributed by atoms with Crippen LogP contribution in [0.15, 0.2) is 36.4 Å². The summed E-state index contributed by atoms with van der Waals surface area (Å²) in [5.41, 5.74) is 10.8. The van der Waals surface area contributed by atoms with E-state index >= 15 is 0 Å². The molecule has 0 bridgehead atoms. The Morgan fingerprint density at radius 3 is 2.89 bits per heavy atom. The Bertz CT molecular complexity index is 604. The van der Waals surface area contributed by atoms with Crippen LogP contribution in [0.3, 0.4) is 0 Å². The summed E-state index contributed by atoms with van der Waals surface area (Å²) in [5, 5.41) is 0.721. The Morgan fingerprint density at radius 2 is 2.11 bits per heavy atom. The first-order valence-corrected chi connectivity index (χ1v) is 6.80. The first kappa shape index (κ1) is 12.5. The van der Waals surface area contributed by atoms with Crippen LogP contribution >= 0.6 is 11.6 Å². The highest BCUT2D eigenvalue weighted by Crippen LogP contribution is 2.35. The smallest absolute Gasteiger partial charge is 0.127 e. The second-order valence-corrected chi connectivity index (χ2v) is 5.41. The second kappa shape index (κ2) is 4.87. The Balaban J connectivity index is 2.04. The summed E-state index contributed by atoms with van der Waals surface area (Å²) in [7, 11) is 0. The lowest BCUT2D eigenvalue weighted by Gasteiger charge is -2.16. The van der Waals surface area contributed by atoms with Crippen molar-refractivity contribution in [1.82, 2.24) is 0 Å². The van der Waals surface area contributed by atoms with E-state index in [-0.39, 0.29) is 6.04 Å². The molecule has 2 nitrogen and oxygen atoms in total. The molecule has 2 aromatic rings. The summed E-state index contributed by atoms with van der Waals surface area (Å²) >= 11 is 6.11. The average molecular weight is 274 g/mol. The summed E-state index contributed by atoms with van der Waals surface area (Å²) in [6, 6.07) is 11.9. The van der Waals surface area contributed by atoms with Crippen molar-refractivity contribution in [2.45, 2.75) is 19.4 Å². The van der Waals surface area contributed by atoms with Gasteiger partial charge in [0.1, 0.15) is 5.75 Å². The molecule has 19 heavy (non-hydrogen) atoms. The number of hydrogen-bond donors (Lipinski definition) is 1. The monoisotopic (exact) mass is 273 g/mol. The van der Waals surface area contributed by atoms with Crippen LogP contribution in [0.25, 0.3) is 0 Å². The Kier molecular flexibility index (Phi) is 3.21. The molecular formula is C16H16ClNO. The van der Waals surface area contributed by atoms with Crippen LogP contribution in [-0.4, -0.2) is 6.61 Å². The lowest BCUT2D eigenvalue weighted by molar-refractivity contribution is 0.352. The van der Waals surface area contributed by atoms with E-state index in [4.69, 9.17) is 22.1 Å². The molecule has 0 saturated carbocycles. The van der Waals surface area contributed by atoms with Crippen molar-refractivity contribution in [1.29, 1.82) is 0 Å². The SMILES string of the molecule is Cc1cc(Cl)cc(C(N)c2cccc3c2OCC3)c1. The number of hydrogen-bond acceptors (Lipinski definition) is 2. The third kappa shape index (κ3) is 2.34. The zero-order valence-electron chi connectivity index (χ0n) is 10.8. The normalized spacial score (nSPS) is 14.9. The zero-order chi connectivity index (χ0) is 13.4. The van der Waals surface area contributed by atoms with Gasteiger partial charge in [0.2, 0.25) is 0 Å². The van der Waals surface area contributed by atoms with Crippen molar-refractivity contribution < 1.29 is 4.74 Å². The molecule has 1 heterocycles. The molecule has 3 rings (SSSR count). The number of nitrogens with two attached hydrogens (primary N) is 1. The maximum absolute atomic E-state index is 6.39. The third-order valence-corrected chi connectivity index (χ3v) is 3.72. The van der Waals surface area contributed by atoms with Gasteiger partial charge in [-0.15, -0.1) is 0 Å². The summed E-state index contributed by atoms with van der Waals surface area (Å²) in [6.07, 6.45) is 0.963. The molecule has 0 aromatic heterocycles. The molecule has 1 aliphatic rings. The first-order chi connectivity index (χ1) is 9.15. The molecule has 1 unspecified atom stereocenters. The second-order valence-electron chi connectivity index (χ2n) is 4.97. The number of aryl methyl sites for hydroxylation is 1. The maximum Gasteiger partial charge on any atom is 0.127 e. The zero-order valence-corrected chi connectivity index (χ0v) is 11.6. The van der Waals surface area contributed by atoms with E-state index in [1.54, 1.807) is 0 Å². The maximum atomic E-state index is 6.39. The largest absolute Gasteiger partial charge is 0.493 e. The number of rotatable bonds is 2. The van der Waals surface area contributed by atoms with Crippen LogP contribution < -0.4 is 10.5 Å². The van der Waals surface area contributed by atoms with Gasteiger partial charge in [0, 0.05) is 17.0 Å². The van der Waals surface area contributed by atoms with E-state index in [9.17, 15) is 0 Å². The van der Waals surface area contributed by atoms with Crippen molar-refractivity contribution in [3.63, 3.8) is 0 Å². The van der Waals surface area contributed by atoms with Gasteiger partial charge in [-0.05, 0) is 35.7 Å². The van der Waals surface area contributed by atoms with Gasteiger partial charge in [-0.1, -0.05) is 35.9 Å². The van der Waals surface area contributed by atoms with E-state index < -0.39 is 0 Å². The average Bonchev–Trinajstić information content (AvgIpc) is 2.84. The predicted octanol–water partition coefficient (Wildman–Crippen LogP) is 3.63. The van der Waals surface area contributed by atoms with Gasteiger partial charge in [-0.25, -0.2) is 0 Å². The summed E-state index contributed by atoms with van der Waals surface area (Å²) in [6.45, 7) is 2.77. The molecule has 0 fully saturated rings. The highest BCUT2D eigenvalue weighted by Gasteiger charge is 2.21. The molecule has 0 amide bonds. The van der Waals surface area contributed by atoms with E-state index in [2.05, 4.69) is 12.1 Å². The predicted molar refractivity (Wildman–Crippen MR) is 77.9 cm³/mol. The lowest BCUT2D eigenvalue weighted by atomic mass is 9.95. The third-order valence-electron chi connectivity index (χ3n) is 3.50. The minimum Gasteiger partial charge on any atom is -0.493 e. The summed E-state index contributed by atoms with van der Waals surface area (Å²) in [4.78, 5) is 0. The molecule has 0 spiro atoms. The van der Waals surface area contributed by atoms with E-state index in [0.29, 0.717) is 0 Å². The van der Waals surface area contributed by atoms with E-state index in [0.717, 1.165) is 40.5 Å². The molecule has 1 aliphatic heterocycles. The fourth-order valence-electron chi connectivity index (χ4n) is 2.61. The van der Waals surface area contributed by atoms with Gasteiger partial charge in [0.05, 0.1) is 12.6 Å². The fraction of sp³-hybridized carbons (Fsp3) is 0.250. The van der Waals surface area contributed by atoms with Crippen LogP contribution in [0.4, 0.5) is 0 Å². The molecular weight excluding hydrogens is 258 g/mol. The minimum absolute atomic E-state index is 0.203. The lowest BCUT2D eigenvalue weighted by Crippen LogP contribution is -2.13. The molecule has 0 aliphatic carbocycles. The molecule has 0 saturated heterocycles. The van der Waals surface area contributed by atoms with Gasteiger partial charge in [0.25, 0.3) is 0 Å². The summed E-state index contributed by atoms with van der Waals surface area (Å²) in [5.74, 6) is 0.952. The van der Waals surface area contributed by atoms with Gasteiger partial charge in [0.15, 0.2) is 0 Å². The molecule has 1 atom stereocenters. The van der Waals surface area contributed by atoms with Crippen molar-refractivity contribution in [2.75, 3.05) is 6.61 Å². The topological polar surface area (TPSA) is 35.2 Å². The standard InChI is InChI=1S/C16H16ClNO/c1-10-7-12(9-13(17)8-10)15(18)14-4-2-3-11-5-6-19-16(11)14/h2-4,7-9,15H,5-6,18H2,1H3. The molecule has 98 valence electrons. The number of halogens is 1. The van der Waals surface area contributed by atoms with Crippen LogP contribution in [0, 0.1) is 6.92 Å². The first-order valence-electron chi connectivity index (χ1n) is 6.42. The Labute approximate surface area is 118 Å². The van der Waals surface area contributed by atoms with Crippen molar-refractivity contribution in [3.8, 4) is 5.75 Å². The van der Waals surface area contributed by atoms with E-state index in [1.165, 1.54) is 5.56 Å². The van der Waals surface area contributed by atoms with Gasteiger partial charge >= 0.3 is 0 Å². The molecule has 2 aromatic carbocycles. The fourth-order valence-corrected chi connectivity index (χ4v) is 2.91. The van der Waals surface area contributed by atoms with Crippen LogP contribution in [0.2, 0.25) is 5.02 Å². The van der Waals surface area contributed by atoms with Crippen LogP contribution in [0.1, 0.15) is 28.3 Å². The highest BCUT2D eigenvalue weighted by atomic mass is 35.5. The van der Waals surface area contributed by atoms with Crippen molar-refractivity contribution >= 4 is 11.6 Å². The number of benzene rings is 2. The Morgan fingerprint density at radius 1 is 1.26 bits per heavy atom. The molecule has 0 radical (unpaired) electrons. The number of para-hydroxylation sites is 1. The van der Waals surface area contributed by atoms with E-state index in [1.807, 2.05) is 31.2 Å². The number of ether oxygens (including phenoxy) is 1. The van der Waals surface area contributed by atoms with Gasteiger partial charge in [-0.3, -0.25) is 0 Å².